The Morgan fingerprint density at radius 1 is 1.53 bits per heavy atom. The van der Waals surface area contributed by atoms with Crippen LogP contribution in [0.15, 0.2) is 21.3 Å². The summed E-state index contributed by atoms with van der Waals surface area (Å²) in [7, 11) is 0. The Morgan fingerprint density at radius 3 is 2.88 bits per heavy atom. The Morgan fingerprint density at radius 2 is 2.29 bits per heavy atom. The average Bonchev–Trinajstić information content (AvgIpc) is 2.84. The van der Waals surface area contributed by atoms with Gasteiger partial charge in [0.2, 0.25) is 0 Å². The summed E-state index contributed by atoms with van der Waals surface area (Å²) >= 11 is 6.45. The molecule has 1 atom stereocenters. The number of aromatic nitrogens is 1. The van der Waals surface area contributed by atoms with Gasteiger partial charge in [0.05, 0.1) is 23.0 Å². The highest BCUT2D eigenvalue weighted by Gasteiger charge is 2.15. The van der Waals surface area contributed by atoms with Crippen molar-refractivity contribution in [3.8, 4) is 9.88 Å². The molecule has 0 spiro atoms. The molecule has 0 fully saturated rings. The summed E-state index contributed by atoms with van der Waals surface area (Å²) in [4.78, 5) is 16.0. The number of rotatable bonds is 4. The van der Waals surface area contributed by atoms with Gasteiger partial charge < -0.3 is 10.8 Å². The second kappa shape index (κ2) is 5.26. The minimum Gasteiger partial charge on any atom is -0.481 e. The van der Waals surface area contributed by atoms with Gasteiger partial charge in [-0.15, -0.1) is 22.7 Å². The summed E-state index contributed by atoms with van der Waals surface area (Å²) in [6.45, 7) is 0. The fraction of sp³-hybridized carbons (Fsp3) is 0.200. The number of hydrogen-bond donors (Lipinski definition) is 2. The smallest absolute Gasteiger partial charge is 0.305 e. The van der Waals surface area contributed by atoms with Gasteiger partial charge in [0.1, 0.15) is 5.01 Å². The molecule has 90 valence electrons. The first-order valence-electron chi connectivity index (χ1n) is 4.73. The summed E-state index contributed by atoms with van der Waals surface area (Å²) in [5.41, 5.74) is 6.39. The zero-order valence-corrected chi connectivity index (χ0v) is 11.8. The fourth-order valence-corrected chi connectivity index (χ4v) is 3.68. The van der Waals surface area contributed by atoms with E-state index >= 15 is 0 Å². The van der Waals surface area contributed by atoms with E-state index in [4.69, 9.17) is 10.8 Å². The summed E-state index contributed by atoms with van der Waals surface area (Å²) < 4.78 is 1.02. The van der Waals surface area contributed by atoms with Crippen molar-refractivity contribution in [2.45, 2.75) is 12.5 Å². The predicted molar refractivity (Wildman–Crippen MR) is 72.3 cm³/mol. The Balaban J connectivity index is 2.18. The molecule has 1 unspecified atom stereocenters. The topological polar surface area (TPSA) is 76.2 Å². The molecule has 0 aromatic carbocycles. The average molecular weight is 333 g/mol. The lowest BCUT2D eigenvalue weighted by Gasteiger charge is -2.03. The molecule has 2 aromatic heterocycles. The number of carboxylic acid groups (broad SMARTS) is 1. The zero-order valence-electron chi connectivity index (χ0n) is 8.59. The van der Waals surface area contributed by atoms with Gasteiger partial charge in [-0.3, -0.25) is 4.79 Å². The van der Waals surface area contributed by atoms with Crippen molar-refractivity contribution < 1.29 is 9.90 Å². The van der Waals surface area contributed by atoms with Gasteiger partial charge in [-0.1, -0.05) is 0 Å². The monoisotopic (exact) mass is 332 g/mol. The number of carbonyl (C=O) groups is 1. The van der Waals surface area contributed by atoms with Gasteiger partial charge in [-0.05, 0) is 22.0 Å². The molecular formula is C10H9BrN2O2S2. The van der Waals surface area contributed by atoms with Crippen molar-refractivity contribution in [2.75, 3.05) is 0 Å². The number of aliphatic carboxylic acids is 1. The number of hydrogen-bond acceptors (Lipinski definition) is 5. The number of thiophene rings is 1. The second-order valence-corrected chi connectivity index (χ2v) is 6.10. The van der Waals surface area contributed by atoms with Crippen molar-refractivity contribution >= 4 is 44.6 Å². The van der Waals surface area contributed by atoms with E-state index in [1.807, 2.05) is 16.8 Å². The van der Waals surface area contributed by atoms with Crippen LogP contribution >= 0.6 is 38.6 Å². The van der Waals surface area contributed by atoms with E-state index in [-0.39, 0.29) is 6.42 Å². The largest absolute Gasteiger partial charge is 0.481 e. The zero-order chi connectivity index (χ0) is 12.4. The Bertz CT molecular complexity index is 538. The van der Waals surface area contributed by atoms with Crippen LogP contribution in [0, 0.1) is 0 Å². The quantitative estimate of drug-likeness (QED) is 0.901. The van der Waals surface area contributed by atoms with E-state index in [0.717, 1.165) is 14.4 Å². The molecule has 4 nitrogen and oxygen atoms in total. The van der Waals surface area contributed by atoms with Gasteiger partial charge in [0, 0.05) is 15.2 Å². The SMILES string of the molecule is NC(CC(=O)O)c1csc(-c2cc(Br)cs2)n1. The third-order valence-electron chi connectivity index (χ3n) is 2.07. The molecule has 2 aromatic rings. The molecule has 3 N–H and O–H groups in total. The third kappa shape index (κ3) is 3.12. The highest BCUT2D eigenvalue weighted by molar-refractivity contribution is 9.10. The van der Waals surface area contributed by atoms with E-state index in [9.17, 15) is 4.79 Å². The highest BCUT2D eigenvalue weighted by atomic mass is 79.9. The summed E-state index contributed by atoms with van der Waals surface area (Å²) in [5, 5.41) is 13.3. The van der Waals surface area contributed by atoms with E-state index in [2.05, 4.69) is 20.9 Å². The fourth-order valence-electron chi connectivity index (χ4n) is 1.29. The van der Waals surface area contributed by atoms with Crippen LogP contribution in [0.4, 0.5) is 0 Å². The molecular weight excluding hydrogens is 324 g/mol. The van der Waals surface area contributed by atoms with Crippen molar-refractivity contribution in [1.82, 2.24) is 4.98 Å². The highest BCUT2D eigenvalue weighted by Crippen LogP contribution is 2.33. The van der Waals surface area contributed by atoms with Crippen LogP contribution < -0.4 is 5.73 Å². The van der Waals surface area contributed by atoms with Crippen LogP contribution in [0.3, 0.4) is 0 Å². The standard InChI is InChI=1S/C10H9BrN2O2S2/c11-5-1-8(16-3-5)10-13-7(4-17-10)6(12)2-9(14)15/h1,3-4,6H,2,12H2,(H,14,15). The molecule has 0 aliphatic heterocycles. The van der Waals surface area contributed by atoms with E-state index < -0.39 is 12.0 Å². The molecule has 0 aliphatic rings. The van der Waals surface area contributed by atoms with E-state index in [1.54, 1.807) is 11.3 Å². The lowest BCUT2D eigenvalue weighted by Crippen LogP contribution is -2.15. The van der Waals surface area contributed by atoms with Crippen molar-refractivity contribution in [2.24, 2.45) is 5.73 Å². The molecule has 2 heterocycles. The summed E-state index contributed by atoms with van der Waals surface area (Å²) in [6, 6.07) is 1.44. The third-order valence-corrected chi connectivity index (χ3v) is 4.80. The van der Waals surface area contributed by atoms with Crippen molar-refractivity contribution in [3.05, 3.63) is 27.0 Å². The van der Waals surface area contributed by atoms with Crippen molar-refractivity contribution in [3.63, 3.8) is 0 Å². The molecule has 0 saturated heterocycles. The second-order valence-electron chi connectivity index (χ2n) is 3.41. The van der Waals surface area contributed by atoms with Gasteiger partial charge in [0.25, 0.3) is 0 Å². The molecule has 0 saturated carbocycles. The number of nitrogens with zero attached hydrogens (tertiary/aromatic N) is 1. The lowest BCUT2D eigenvalue weighted by molar-refractivity contribution is -0.137. The normalized spacial score (nSPS) is 12.6. The van der Waals surface area contributed by atoms with Gasteiger partial charge >= 0.3 is 5.97 Å². The van der Waals surface area contributed by atoms with Crippen LogP contribution in [0.1, 0.15) is 18.2 Å². The lowest BCUT2D eigenvalue weighted by atomic mass is 10.2. The van der Waals surface area contributed by atoms with Gasteiger partial charge in [-0.25, -0.2) is 4.98 Å². The first-order chi connectivity index (χ1) is 8.06. The molecule has 2 rings (SSSR count). The van der Waals surface area contributed by atoms with Gasteiger partial charge in [0.15, 0.2) is 0 Å². The van der Waals surface area contributed by atoms with Crippen LogP contribution in [-0.4, -0.2) is 16.1 Å². The first-order valence-corrected chi connectivity index (χ1v) is 7.28. The maximum Gasteiger partial charge on any atom is 0.305 e. The minimum absolute atomic E-state index is 0.0999. The summed E-state index contributed by atoms with van der Waals surface area (Å²) in [5.74, 6) is -0.911. The van der Waals surface area contributed by atoms with Crippen LogP contribution in [0.2, 0.25) is 0 Å². The number of halogens is 1. The molecule has 0 radical (unpaired) electrons. The number of nitrogens with two attached hydrogens (primary N) is 1. The molecule has 0 amide bonds. The van der Waals surface area contributed by atoms with Crippen LogP contribution in [-0.2, 0) is 4.79 Å². The van der Waals surface area contributed by atoms with Crippen LogP contribution in [0.5, 0.6) is 0 Å². The predicted octanol–water partition coefficient (Wildman–Crippen LogP) is 3.11. The van der Waals surface area contributed by atoms with Gasteiger partial charge in [-0.2, -0.15) is 0 Å². The Labute approximate surface area is 114 Å². The molecule has 0 aliphatic carbocycles. The van der Waals surface area contributed by atoms with E-state index in [1.165, 1.54) is 11.3 Å². The molecule has 17 heavy (non-hydrogen) atoms. The van der Waals surface area contributed by atoms with Crippen molar-refractivity contribution in [1.29, 1.82) is 0 Å². The minimum atomic E-state index is -0.911. The number of thiazole rings is 1. The van der Waals surface area contributed by atoms with E-state index in [0.29, 0.717) is 5.69 Å². The Kier molecular flexibility index (Phi) is 3.93. The first kappa shape index (κ1) is 12.7. The molecule has 7 heteroatoms. The maximum absolute atomic E-state index is 10.6. The molecule has 0 bridgehead atoms. The Hall–Kier alpha value is -0.760. The van der Waals surface area contributed by atoms with Crippen LogP contribution in [0.25, 0.3) is 9.88 Å². The number of carboxylic acids is 1. The maximum atomic E-state index is 10.6. The summed E-state index contributed by atoms with van der Waals surface area (Å²) in [6.07, 6.45) is -0.0999.